The monoisotopic (exact) mass is 322 g/mol. The van der Waals surface area contributed by atoms with Crippen LogP contribution in [0, 0.1) is 0 Å². The first-order valence-electron chi connectivity index (χ1n) is 7.52. The number of ether oxygens (including phenoxy) is 1. The molecule has 2 aromatic carbocycles. The largest absolute Gasteiger partial charge is 0.497 e. The maximum atomic E-state index is 5.22. The number of nitrogens with zero attached hydrogens (tertiary/aromatic N) is 2. The van der Waals surface area contributed by atoms with Gasteiger partial charge in [0.25, 0.3) is 0 Å². The first kappa shape index (κ1) is 15.6. The van der Waals surface area contributed by atoms with Gasteiger partial charge in [0.15, 0.2) is 5.16 Å². The van der Waals surface area contributed by atoms with Crippen molar-refractivity contribution in [2.75, 3.05) is 12.9 Å². The molecule has 0 unspecified atom stereocenters. The van der Waals surface area contributed by atoms with Crippen LogP contribution in [0.3, 0.4) is 0 Å². The SMILES string of the molecule is CCSc1nc(-c2ccccc2)cc(-c2ccc(OC)cc2)n1. The molecule has 3 nitrogen and oxygen atoms in total. The van der Waals surface area contributed by atoms with Crippen LogP contribution in [0.4, 0.5) is 0 Å². The average molecular weight is 322 g/mol. The first-order chi connectivity index (χ1) is 11.3. The van der Waals surface area contributed by atoms with Crippen molar-refractivity contribution >= 4 is 11.8 Å². The van der Waals surface area contributed by atoms with Crippen molar-refractivity contribution in [3.8, 4) is 28.3 Å². The third kappa shape index (κ3) is 3.71. The van der Waals surface area contributed by atoms with Crippen LogP contribution in [0.2, 0.25) is 0 Å². The Morgan fingerprint density at radius 1 is 0.870 bits per heavy atom. The van der Waals surface area contributed by atoms with E-state index < -0.39 is 0 Å². The molecular weight excluding hydrogens is 304 g/mol. The molecule has 4 heteroatoms. The minimum atomic E-state index is 0.805. The van der Waals surface area contributed by atoms with Crippen molar-refractivity contribution in [2.24, 2.45) is 0 Å². The molecule has 0 saturated heterocycles. The predicted octanol–water partition coefficient (Wildman–Crippen LogP) is 4.93. The maximum absolute atomic E-state index is 5.22. The Morgan fingerprint density at radius 3 is 2.04 bits per heavy atom. The minimum Gasteiger partial charge on any atom is -0.497 e. The molecule has 1 heterocycles. The van der Waals surface area contributed by atoms with E-state index in [4.69, 9.17) is 4.74 Å². The fourth-order valence-electron chi connectivity index (χ4n) is 2.29. The van der Waals surface area contributed by atoms with Crippen LogP contribution in [0.15, 0.2) is 65.8 Å². The number of aromatic nitrogens is 2. The van der Waals surface area contributed by atoms with Gasteiger partial charge in [-0.3, -0.25) is 0 Å². The molecule has 0 saturated carbocycles. The van der Waals surface area contributed by atoms with Crippen LogP contribution in [-0.4, -0.2) is 22.8 Å². The van der Waals surface area contributed by atoms with E-state index in [0.717, 1.165) is 39.2 Å². The molecule has 0 aliphatic rings. The highest BCUT2D eigenvalue weighted by Crippen LogP contribution is 2.27. The summed E-state index contributed by atoms with van der Waals surface area (Å²) in [6, 6.07) is 20.2. The van der Waals surface area contributed by atoms with Gasteiger partial charge in [-0.05, 0) is 36.1 Å². The number of hydrogen-bond donors (Lipinski definition) is 0. The Balaban J connectivity index is 2.06. The van der Waals surface area contributed by atoms with E-state index >= 15 is 0 Å². The topological polar surface area (TPSA) is 35.0 Å². The van der Waals surface area contributed by atoms with Gasteiger partial charge in [-0.1, -0.05) is 49.0 Å². The Kier molecular flexibility index (Phi) is 4.93. The lowest BCUT2D eigenvalue weighted by molar-refractivity contribution is 0.415. The number of benzene rings is 2. The zero-order chi connectivity index (χ0) is 16.1. The molecule has 0 spiro atoms. The molecule has 3 aromatic rings. The van der Waals surface area contributed by atoms with Gasteiger partial charge in [0.2, 0.25) is 0 Å². The molecule has 0 radical (unpaired) electrons. The van der Waals surface area contributed by atoms with E-state index in [2.05, 4.69) is 29.0 Å². The summed E-state index contributed by atoms with van der Waals surface area (Å²) >= 11 is 1.65. The molecule has 0 aliphatic carbocycles. The Labute approximate surface area is 140 Å². The lowest BCUT2D eigenvalue weighted by Gasteiger charge is -2.08. The number of hydrogen-bond acceptors (Lipinski definition) is 4. The van der Waals surface area contributed by atoms with E-state index in [1.165, 1.54) is 0 Å². The van der Waals surface area contributed by atoms with Gasteiger partial charge >= 0.3 is 0 Å². The summed E-state index contributed by atoms with van der Waals surface area (Å²) in [5, 5.41) is 0.805. The molecule has 3 rings (SSSR count). The van der Waals surface area contributed by atoms with Gasteiger partial charge < -0.3 is 4.74 Å². The van der Waals surface area contributed by atoms with Crippen molar-refractivity contribution in [1.29, 1.82) is 0 Å². The zero-order valence-corrected chi connectivity index (χ0v) is 14.0. The Hall–Kier alpha value is -2.33. The number of rotatable bonds is 5. The summed E-state index contributed by atoms with van der Waals surface area (Å²) < 4.78 is 5.22. The lowest BCUT2D eigenvalue weighted by Crippen LogP contribution is -1.94. The summed E-state index contributed by atoms with van der Waals surface area (Å²) in [5.41, 5.74) is 4.03. The summed E-state index contributed by atoms with van der Waals surface area (Å²) in [6.45, 7) is 2.11. The second-order valence-electron chi connectivity index (χ2n) is 4.95. The van der Waals surface area contributed by atoms with Gasteiger partial charge in [0, 0.05) is 11.1 Å². The van der Waals surface area contributed by atoms with Crippen molar-refractivity contribution in [3.63, 3.8) is 0 Å². The van der Waals surface area contributed by atoms with Gasteiger partial charge in [0.05, 0.1) is 18.5 Å². The minimum absolute atomic E-state index is 0.805. The smallest absolute Gasteiger partial charge is 0.188 e. The molecule has 1 aromatic heterocycles. The molecule has 116 valence electrons. The summed E-state index contributed by atoms with van der Waals surface area (Å²) in [6.07, 6.45) is 0. The van der Waals surface area contributed by atoms with Crippen LogP contribution in [0.1, 0.15) is 6.92 Å². The molecular formula is C19H18N2OS. The quantitative estimate of drug-likeness (QED) is 0.493. The summed E-state index contributed by atoms with van der Waals surface area (Å²) in [4.78, 5) is 9.37. The van der Waals surface area contributed by atoms with Crippen molar-refractivity contribution in [1.82, 2.24) is 9.97 Å². The van der Waals surface area contributed by atoms with Gasteiger partial charge in [-0.15, -0.1) is 0 Å². The molecule has 0 atom stereocenters. The molecule has 0 aliphatic heterocycles. The van der Waals surface area contributed by atoms with Crippen molar-refractivity contribution < 1.29 is 4.74 Å². The third-order valence-corrected chi connectivity index (χ3v) is 4.16. The van der Waals surface area contributed by atoms with E-state index in [9.17, 15) is 0 Å². The standard InChI is InChI=1S/C19H18N2OS/c1-3-23-19-20-17(14-7-5-4-6-8-14)13-18(21-19)15-9-11-16(22-2)12-10-15/h4-13H,3H2,1-2H3. The van der Waals surface area contributed by atoms with Gasteiger partial charge in [0.1, 0.15) is 5.75 Å². The zero-order valence-electron chi connectivity index (χ0n) is 13.2. The second kappa shape index (κ2) is 7.29. The van der Waals surface area contributed by atoms with Crippen molar-refractivity contribution in [2.45, 2.75) is 12.1 Å². The second-order valence-corrected chi connectivity index (χ2v) is 6.18. The van der Waals surface area contributed by atoms with E-state index in [-0.39, 0.29) is 0 Å². The number of thioether (sulfide) groups is 1. The third-order valence-electron chi connectivity index (χ3n) is 3.43. The highest BCUT2D eigenvalue weighted by molar-refractivity contribution is 7.99. The fraction of sp³-hybridized carbons (Fsp3) is 0.158. The van der Waals surface area contributed by atoms with Crippen LogP contribution < -0.4 is 4.74 Å². The maximum Gasteiger partial charge on any atom is 0.188 e. The molecule has 0 bridgehead atoms. The van der Waals surface area contributed by atoms with Crippen LogP contribution in [-0.2, 0) is 0 Å². The highest BCUT2D eigenvalue weighted by atomic mass is 32.2. The van der Waals surface area contributed by atoms with Crippen LogP contribution >= 0.6 is 11.8 Å². The first-order valence-corrected chi connectivity index (χ1v) is 8.50. The van der Waals surface area contributed by atoms with E-state index in [1.54, 1.807) is 18.9 Å². The normalized spacial score (nSPS) is 10.5. The molecule has 0 fully saturated rings. The highest BCUT2D eigenvalue weighted by Gasteiger charge is 2.08. The van der Waals surface area contributed by atoms with Crippen LogP contribution in [0.25, 0.3) is 22.5 Å². The fourth-order valence-corrected chi connectivity index (χ4v) is 2.87. The van der Waals surface area contributed by atoms with Crippen LogP contribution in [0.5, 0.6) is 5.75 Å². The Morgan fingerprint density at radius 2 is 1.48 bits per heavy atom. The van der Waals surface area contributed by atoms with Gasteiger partial charge in [-0.2, -0.15) is 0 Å². The number of methoxy groups -OCH3 is 1. The predicted molar refractivity (Wildman–Crippen MR) is 95.9 cm³/mol. The molecule has 0 amide bonds. The summed E-state index contributed by atoms with van der Waals surface area (Å²) in [5.74, 6) is 1.79. The lowest BCUT2D eigenvalue weighted by atomic mass is 10.1. The Bertz CT molecular complexity index is 773. The van der Waals surface area contributed by atoms with Crippen molar-refractivity contribution in [3.05, 3.63) is 60.7 Å². The molecule has 23 heavy (non-hydrogen) atoms. The van der Waals surface area contributed by atoms with E-state index in [1.807, 2.05) is 48.5 Å². The van der Waals surface area contributed by atoms with Gasteiger partial charge in [-0.25, -0.2) is 9.97 Å². The summed E-state index contributed by atoms with van der Waals surface area (Å²) in [7, 11) is 1.67. The molecule has 0 N–H and O–H groups in total. The average Bonchev–Trinajstić information content (AvgIpc) is 2.62. The van der Waals surface area contributed by atoms with E-state index in [0.29, 0.717) is 0 Å².